The van der Waals surface area contributed by atoms with E-state index in [1.54, 1.807) is 0 Å². The zero-order valence-corrected chi connectivity index (χ0v) is 13.7. The van der Waals surface area contributed by atoms with Crippen LogP contribution in [0.5, 0.6) is 11.5 Å². The summed E-state index contributed by atoms with van der Waals surface area (Å²) in [5.41, 5.74) is 2.31. The largest absolute Gasteiger partial charge is 0.508 e. The Morgan fingerprint density at radius 2 is 1.92 bits per heavy atom. The molecular weight excluding hydrogens is 326 g/mol. The molecule has 24 heavy (non-hydrogen) atoms. The van der Waals surface area contributed by atoms with Crippen molar-refractivity contribution in [3.05, 3.63) is 64.1 Å². The number of imide groups is 1. The molecule has 0 unspecified atom stereocenters. The van der Waals surface area contributed by atoms with Crippen LogP contribution in [0, 0.1) is 6.92 Å². The van der Waals surface area contributed by atoms with Gasteiger partial charge in [0.2, 0.25) is 0 Å². The molecule has 0 bridgehead atoms. The number of aromatic hydroxyl groups is 2. The molecule has 1 heterocycles. The molecule has 0 saturated carbocycles. The SMILES string of the molecule is Cc1cccc(CN2C(=O)S/C(=C\c3ccc(O)cc3O)C2=O)c1. The van der Waals surface area contributed by atoms with E-state index < -0.39 is 0 Å². The van der Waals surface area contributed by atoms with Crippen LogP contribution in [-0.4, -0.2) is 26.3 Å². The summed E-state index contributed by atoms with van der Waals surface area (Å²) in [6.07, 6.45) is 1.45. The standard InChI is InChI=1S/C18H15NO4S/c1-11-3-2-4-12(7-11)10-19-17(22)16(24-18(19)23)8-13-5-6-14(20)9-15(13)21/h2-9,20-21H,10H2,1H3/b16-8-. The van der Waals surface area contributed by atoms with Crippen molar-refractivity contribution in [1.82, 2.24) is 4.90 Å². The average Bonchev–Trinajstić information content (AvgIpc) is 2.78. The van der Waals surface area contributed by atoms with Gasteiger partial charge in [-0.05, 0) is 42.5 Å². The third-order valence-electron chi connectivity index (χ3n) is 3.60. The second-order valence-corrected chi connectivity index (χ2v) is 6.49. The van der Waals surface area contributed by atoms with Gasteiger partial charge in [0.25, 0.3) is 11.1 Å². The lowest BCUT2D eigenvalue weighted by Crippen LogP contribution is -2.27. The molecule has 122 valence electrons. The lowest BCUT2D eigenvalue weighted by molar-refractivity contribution is -0.123. The topological polar surface area (TPSA) is 77.8 Å². The molecule has 5 nitrogen and oxygen atoms in total. The van der Waals surface area contributed by atoms with E-state index in [-0.39, 0.29) is 34.1 Å². The summed E-state index contributed by atoms with van der Waals surface area (Å²) >= 11 is 0.838. The first-order valence-electron chi connectivity index (χ1n) is 7.27. The second-order valence-electron chi connectivity index (χ2n) is 5.50. The van der Waals surface area contributed by atoms with Crippen molar-refractivity contribution in [2.24, 2.45) is 0 Å². The van der Waals surface area contributed by atoms with Crippen molar-refractivity contribution in [2.45, 2.75) is 13.5 Å². The van der Waals surface area contributed by atoms with E-state index in [0.717, 1.165) is 22.9 Å². The zero-order chi connectivity index (χ0) is 17.3. The van der Waals surface area contributed by atoms with Gasteiger partial charge in [-0.2, -0.15) is 0 Å². The van der Waals surface area contributed by atoms with Gasteiger partial charge in [0.1, 0.15) is 11.5 Å². The number of aryl methyl sites for hydroxylation is 1. The summed E-state index contributed by atoms with van der Waals surface area (Å²) in [4.78, 5) is 26.0. The smallest absolute Gasteiger partial charge is 0.293 e. The third-order valence-corrected chi connectivity index (χ3v) is 4.50. The van der Waals surface area contributed by atoms with Crippen LogP contribution in [0.25, 0.3) is 6.08 Å². The molecule has 2 aromatic rings. The Balaban J connectivity index is 1.84. The predicted octanol–water partition coefficient (Wildman–Crippen LogP) is 3.64. The molecule has 0 spiro atoms. The predicted molar refractivity (Wildman–Crippen MR) is 92.5 cm³/mol. The summed E-state index contributed by atoms with van der Waals surface area (Å²) in [5, 5.41) is 18.8. The lowest BCUT2D eigenvalue weighted by Gasteiger charge is -2.12. The van der Waals surface area contributed by atoms with Crippen LogP contribution < -0.4 is 0 Å². The summed E-state index contributed by atoms with van der Waals surface area (Å²) in [6.45, 7) is 2.16. The first kappa shape index (κ1) is 16.1. The number of hydrogen-bond donors (Lipinski definition) is 2. The molecule has 1 saturated heterocycles. The van der Waals surface area contributed by atoms with Crippen molar-refractivity contribution in [1.29, 1.82) is 0 Å². The fourth-order valence-electron chi connectivity index (χ4n) is 2.42. The minimum atomic E-state index is -0.390. The van der Waals surface area contributed by atoms with Crippen molar-refractivity contribution in [2.75, 3.05) is 0 Å². The molecule has 1 aliphatic rings. The number of thioether (sulfide) groups is 1. The van der Waals surface area contributed by atoms with Gasteiger partial charge in [0, 0.05) is 11.6 Å². The maximum Gasteiger partial charge on any atom is 0.293 e. The van der Waals surface area contributed by atoms with Crippen LogP contribution in [0.1, 0.15) is 16.7 Å². The molecule has 0 atom stereocenters. The van der Waals surface area contributed by atoms with E-state index in [4.69, 9.17) is 0 Å². The van der Waals surface area contributed by atoms with Crippen LogP contribution >= 0.6 is 11.8 Å². The van der Waals surface area contributed by atoms with Gasteiger partial charge >= 0.3 is 0 Å². The second kappa shape index (κ2) is 6.41. The maximum absolute atomic E-state index is 12.5. The summed E-state index contributed by atoms with van der Waals surface area (Å²) in [5.74, 6) is -0.614. The molecule has 2 N–H and O–H groups in total. The van der Waals surface area contributed by atoms with E-state index in [0.29, 0.717) is 5.56 Å². The van der Waals surface area contributed by atoms with E-state index in [1.165, 1.54) is 29.2 Å². The van der Waals surface area contributed by atoms with Crippen LogP contribution in [0.3, 0.4) is 0 Å². The molecular formula is C18H15NO4S. The van der Waals surface area contributed by atoms with Gasteiger partial charge in [-0.3, -0.25) is 14.5 Å². The van der Waals surface area contributed by atoms with E-state index in [2.05, 4.69) is 0 Å². The van der Waals surface area contributed by atoms with Gasteiger partial charge in [-0.25, -0.2) is 0 Å². The number of benzene rings is 2. The third kappa shape index (κ3) is 3.28. The Kier molecular flexibility index (Phi) is 4.31. The Hall–Kier alpha value is -2.73. The molecule has 2 amide bonds. The molecule has 1 aliphatic heterocycles. The number of carbonyl (C=O) groups excluding carboxylic acids is 2. The quantitative estimate of drug-likeness (QED) is 0.833. The Labute approximate surface area is 143 Å². The lowest BCUT2D eigenvalue weighted by atomic mass is 10.1. The van der Waals surface area contributed by atoms with Crippen molar-refractivity contribution >= 4 is 29.0 Å². The van der Waals surface area contributed by atoms with Crippen molar-refractivity contribution in [3.63, 3.8) is 0 Å². The molecule has 0 aromatic heterocycles. The highest BCUT2D eigenvalue weighted by atomic mass is 32.2. The van der Waals surface area contributed by atoms with Crippen LogP contribution in [0.4, 0.5) is 4.79 Å². The number of carbonyl (C=O) groups is 2. The molecule has 1 fully saturated rings. The number of amides is 2. The van der Waals surface area contributed by atoms with Gasteiger partial charge < -0.3 is 10.2 Å². The molecule has 3 rings (SSSR count). The molecule has 0 radical (unpaired) electrons. The summed E-state index contributed by atoms with van der Waals surface area (Å²) in [7, 11) is 0. The first-order valence-corrected chi connectivity index (χ1v) is 8.08. The van der Waals surface area contributed by atoms with Crippen molar-refractivity contribution < 1.29 is 19.8 Å². The number of phenols is 2. The number of hydrogen-bond acceptors (Lipinski definition) is 5. The highest BCUT2D eigenvalue weighted by Crippen LogP contribution is 2.35. The van der Waals surface area contributed by atoms with Crippen LogP contribution in [0.15, 0.2) is 47.4 Å². The summed E-state index contributed by atoms with van der Waals surface area (Å²) < 4.78 is 0. The zero-order valence-electron chi connectivity index (χ0n) is 12.9. The molecule has 0 aliphatic carbocycles. The highest BCUT2D eigenvalue weighted by Gasteiger charge is 2.35. The minimum Gasteiger partial charge on any atom is -0.508 e. The van der Waals surface area contributed by atoms with Crippen molar-refractivity contribution in [3.8, 4) is 11.5 Å². The Morgan fingerprint density at radius 3 is 2.62 bits per heavy atom. The first-order chi connectivity index (χ1) is 11.4. The average molecular weight is 341 g/mol. The van der Waals surface area contributed by atoms with Crippen LogP contribution in [0.2, 0.25) is 0 Å². The van der Waals surface area contributed by atoms with Gasteiger partial charge in [0.15, 0.2) is 0 Å². The number of phenolic OH excluding ortho intramolecular Hbond substituents is 2. The van der Waals surface area contributed by atoms with E-state index >= 15 is 0 Å². The normalized spacial score (nSPS) is 16.2. The highest BCUT2D eigenvalue weighted by molar-refractivity contribution is 8.18. The maximum atomic E-state index is 12.5. The molecule has 2 aromatic carbocycles. The fourth-order valence-corrected chi connectivity index (χ4v) is 3.25. The molecule has 6 heteroatoms. The Morgan fingerprint density at radius 1 is 1.12 bits per heavy atom. The van der Waals surface area contributed by atoms with Gasteiger partial charge in [-0.15, -0.1) is 0 Å². The van der Waals surface area contributed by atoms with E-state index in [1.807, 2.05) is 31.2 Å². The number of nitrogens with zero attached hydrogens (tertiary/aromatic N) is 1. The van der Waals surface area contributed by atoms with E-state index in [9.17, 15) is 19.8 Å². The Bertz CT molecular complexity index is 860. The summed E-state index contributed by atoms with van der Waals surface area (Å²) in [6, 6.07) is 11.7. The van der Waals surface area contributed by atoms with Gasteiger partial charge in [0.05, 0.1) is 11.4 Å². The fraction of sp³-hybridized carbons (Fsp3) is 0.111. The minimum absolute atomic E-state index is 0.0720. The van der Waals surface area contributed by atoms with Crippen LogP contribution in [-0.2, 0) is 11.3 Å². The monoisotopic (exact) mass is 341 g/mol. The van der Waals surface area contributed by atoms with Gasteiger partial charge in [-0.1, -0.05) is 29.8 Å². The number of rotatable bonds is 3.